The molecule has 1 N–H and O–H groups in total. The molecule has 6 rings (SSSR count). The van der Waals surface area contributed by atoms with Gasteiger partial charge < -0.3 is 10.1 Å². The molecule has 0 radical (unpaired) electrons. The summed E-state index contributed by atoms with van der Waals surface area (Å²) in [5, 5.41) is 9.82. The van der Waals surface area contributed by atoms with Gasteiger partial charge in [-0.05, 0) is 36.8 Å². The first-order chi connectivity index (χ1) is 14.6. The summed E-state index contributed by atoms with van der Waals surface area (Å²) in [6.45, 7) is 2.07. The lowest BCUT2D eigenvalue weighted by Crippen LogP contribution is -2.55. The minimum atomic E-state index is -1.31. The van der Waals surface area contributed by atoms with Crippen LogP contribution in [-0.4, -0.2) is 16.6 Å². The molecular formula is C24H18BrN3O2. The standard InChI is InChI=1S/C24H18BrN3O2/c1-14-6-8-15(9-7-14)20-13-21-17-12-16(25)10-11-22(17)30-24(28(21)27-20)18-4-2-3-5-19(18)26-23(24)29/h2-12,21H,13H2,1H3,(H,26,29)/t21-,24+/m1/s1. The molecular weight excluding hydrogens is 442 g/mol. The molecule has 0 saturated heterocycles. The van der Waals surface area contributed by atoms with E-state index in [1.54, 1.807) is 0 Å². The Bertz CT molecular complexity index is 1240. The topological polar surface area (TPSA) is 53.9 Å². The largest absolute Gasteiger partial charge is 0.453 e. The zero-order valence-electron chi connectivity index (χ0n) is 16.2. The van der Waals surface area contributed by atoms with Crippen molar-refractivity contribution in [3.8, 4) is 5.75 Å². The van der Waals surface area contributed by atoms with E-state index in [1.165, 1.54) is 5.56 Å². The number of rotatable bonds is 1. The smallest absolute Gasteiger partial charge is 0.306 e. The second-order valence-corrected chi connectivity index (χ2v) is 8.82. The Morgan fingerprint density at radius 2 is 1.93 bits per heavy atom. The van der Waals surface area contributed by atoms with Crippen molar-refractivity contribution in [1.29, 1.82) is 0 Å². The van der Waals surface area contributed by atoms with Crippen LogP contribution >= 0.6 is 15.9 Å². The molecule has 30 heavy (non-hydrogen) atoms. The van der Waals surface area contributed by atoms with Crippen LogP contribution in [0.3, 0.4) is 0 Å². The number of nitrogens with zero attached hydrogens (tertiary/aromatic N) is 2. The van der Waals surface area contributed by atoms with Crippen molar-refractivity contribution in [2.75, 3.05) is 5.32 Å². The maximum atomic E-state index is 13.4. The third-order valence-corrected chi connectivity index (χ3v) is 6.55. The van der Waals surface area contributed by atoms with E-state index in [0.717, 1.165) is 32.6 Å². The second kappa shape index (κ2) is 6.19. The van der Waals surface area contributed by atoms with Crippen molar-refractivity contribution in [3.63, 3.8) is 0 Å². The molecule has 1 amide bonds. The van der Waals surface area contributed by atoms with E-state index >= 15 is 0 Å². The lowest BCUT2D eigenvalue weighted by molar-refractivity contribution is -0.161. The summed E-state index contributed by atoms with van der Waals surface area (Å²) >= 11 is 3.58. The van der Waals surface area contributed by atoms with E-state index < -0.39 is 5.72 Å². The number of para-hydroxylation sites is 1. The minimum absolute atomic E-state index is 0.0977. The summed E-state index contributed by atoms with van der Waals surface area (Å²) in [6.07, 6.45) is 0.701. The Kier molecular flexibility index (Phi) is 3.65. The zero-order chi connectivity index (χ0) is 20.5. The van der Waals surface area contributed by atoms with Crippen molar-refractivity contribution in [2.24, 2.45) is 5.10 Å². The Labute approximate surface area is 182 Å². The number of hydrogen-bond acceptors (Lipinski definition) is 4. The van der Waals surface area contributed by atoms with Gasteiger partial charge in [-0.25, -0.2) is 5.01 Å². The second-order valence-electron chi connectivity index (χ2n) is 7.91. The summed E-state index contributed by atoms with van der Waals surface area (Å²) in [5.74, 6) is 0.503. The maximum Gasteiger partial charge on any atom is 0.306 e. The van der Waals surface area contributed by atoms with Gasteiger partial charge in [0.25, 0.3) is 5.91 Å². The van der Waals surface area contributed by atoms with Crippen LogP contribution < -0.4 is 10.1 Å². The summed E-state index contributed by atoms with van der Waals surface area (Å²) in [6, 6.07) is 21.9. The third-order valence-electron chi connectivity index (χ3n) is 6.05. The summed E-state index contributed by atoms with van der Waals surface area (Å²) < 4.78 is 7.45. The van der Waals surface area contributed by atoms with Gasteiger partial charge >= 0.3 is 5.72 Å². The number of anilines is 1. The van der Waals surface area contributed by atoms with Crippen LogP contribution in [0, 0.1) is 6.92 Å². The van der Waals surface area contributed by atoms with Gasteiger partial charge in [0.1, 0.15) is 5.75 Å². The molecule has 0 unspecified atom stereocenters. The Balaban J connectivity index is 1.57. The van der Waals surface area contributed by atoms with Gasteiger partial charge in [-0.1, -0.05) is 64.0 Å². The summed E-state index contributed by atoms with van der Waals surface area (Å²) in [7, 11) is 0. The van der Waals surface area contributed by atoms with Crippen molar-refractivity contribution in [1.82, 2.24) is 5.01 Å². The molecule has 0 aliphatic carbocycles. The highest BCUT2D eigenvalue weighted by Gasteiger charge is 2.60. The summed E-state index contributed by atoms with van der Waals surface area (Å²) in [4.78, 5) is 13.4. The molecule has 3 heterocycles. The highest BCUT2D eigenvalue weighted by Crippen LogP contribution is 2.54. The van der Waals surface area contributed by atoms with Gasteiger partial charge in [0, 0.05) is 16.5 Å². The van der Waals surface area contributed by atoms with Crippen LogP contribution in [0.4, 0.5) is 5.69 Å². The average Bonchev–Trinajstić information content (AvgIpc) is 3.31. The number of benzene rings is 3. The van der Waals surface area contributed by atoms with Gasteiger partial charge in [0.2, 0.25) is 0 Å². The third kappa shape index (κ3) is 2.34. The lowest BCUT2D eigenvalue weighted by atomic mass is 9.92. The van der Waals surface area contributed by atoms with Crippen LogP contribution in [0.5, 0.6) is 5.75 Å². The molecule has 3 aromatic carbocycles. The van der Waals surface area contributed by atoms with Crippen molar-refractivity contribution in [3.05, 3.63) is 93.5 Å². The fraction of sp³-hybridized carbons (Fsp3) is 0.167. The fourth-order valence-corrected chi connectivity index (χ4v) is 4.97. The monoisotopic (exact) mass is 459 g/mol. The molecule has 3 aromatic rings. The van der Waals surface area contributed by atoms with Crippen molar-refractivity contribution >= 4 is 33.2 Å². The number of nitrogens with one attached hydrogen (secondary N) is 1. The number of amides is 1. The van der Waals surface area contributed by atoms with E-state index in [0.29, 0.717) is 12.2 Å². The van der Waals surface area contributed by atoms with Crippen LogP contribution in [0.25, 0.3) is 0 Å². The number of carbonyl (C=O) groups is 1. The Morgan fingerprint density at radius 3 is 2.77 bits per heavy atom. The number of carbonyl (C=O) groups excluding carboxylic acids is 1. The first-order valence-corrected chi connectivity index (χ1v) is 10.7. The first-order valence-electron chi connectivity index (χ1n) is 9.89. The molecule has 2 atom stereocenters. The molecule has 3 aliphatic heterocycles. The predicted octanol–water partition coefficient (Wildman–Crippen LogP) is 5.11. The molecule has 1 spiro atoms. The minimum Gasteiger partial charge on any atom is -0.453 e. The predicted molar refractivity (Wildman–Crippen MR) is 118 cm³/mol. The number of fused-ring (bicyclic) bond motifs is 6. The Morgan fingerprint density at radius 1 is 1.13 bits per heavy atom. The molecule has 0 bridgehead atoms. The normalized spacial score (nSPS) is 23.4. The molecule has 5 nitrogen and oxygen atoms in total. The van der Waals surface area contributed by atoms with Gasteiger partial charge in [-0.3, -0.25) is 4.79 Å². The lowest BCUT2D eigenvalue weighted by Gasteiger charge is -2.44. The molecule has 0 fully saturated rings. The summed E-state index contributed by atoms with van der Waals surface area (Å²) in [5.41, 5.74) is 4.49. The van der Waals surface area contributed by atoms with Gasteiger partial charge in [-0.15, -0.1) is 0 Å². The van der Waals surface area contributed by atoms with E-state index in [4.69, 9.17) is 9.84 Å². The zero-order valence-corrected chi connectivity index (χ0v) is 17.8. The molecule has 148 valence electrons. The maximum absolute atomic E-state index is 13.4. The molecule has 6 heteroatoms. The van der Waals surface area contributed by atoms with Crippen molar-refractivity contribution < 1.29 is 9.53 Å². The van der Waals surface area contributed by atoms with E-state index in [-0.39, 0.29) is 11.9 Å². The van der Waals surface area contributed by atoms with Gasteiger partial charge in [0.05, 0.1) is 23.0 Å². The fourth-order valence-electron chi connectivity index (χ4n) is 4.59. The van der Waals surface area contributed by atoms with Crippen molar-refractivity contribution in [2.45, 2.75) is 25.1 Å². The van der Waals surface area contributed by atoms with Crippen LogP contribution in [0.1, 0.15) is 34.7 Å². The molecule has 0 saturated carbocycles. The number of ether oxygens (including phenoxy) is 1. The van der Waals surface area contributed by atoms with Crippen LogP contribution in [0.15, 0.2) is 76.3 Å². The highest BCUT2D eigenvalue weighted by atomic mass is 79.9. The van der Waals surface area contributed by atoms with Gasteiger partial charge in [0.15, 0.2) is 0 Å². The first kappa shape index (κ1) is 17.7. The van der Waals surface area contributed by atoms with Crippen LogP contribution in [-0.2, 0) is 10.5 Å². The SMILES string of the molecule is Cc1ccc(C2=NN3[C@H](C2)c2cc(Br)ccc2O[C@@]32C(=O)Nc3ccccc32)cc1. The molecule has 0 aromatic heterocycles. The van der Waals surface area contributed by atoms with Gasteiger partial charge in [-0.2, -0.15) is 5.10 Å². The number of halogens is 1. The quantitative estimate of drug-likeness (QED) is 0.550. The number of aryl methyl sites for hydroxylation is 1. The number of hydrazone groups is 1. The van der Waals surface area contributed by atoms with E-state index in [1.807, 2.05) is 41.4 Å². The van der Waals surface area contributed by atoms with Crippen LogP contribution in [0.2, 0.25) is 0 Å². The molecule has 3 aliphatic rings. The average molecular weight is 460 g/mol. The number of hydrogen-bond donors (Lipinski definition) is 1. The van der Waals surface area contributed by atoms with E-state index in [2.05, 4.69) is 58.5 Å². The highest BCUT2D eigenvalue weighted by molar-refractivity contribution is 9.10. The van der Waals surface area contributed by atoms with E-state index in [9.17, 15) is 4.79 Å². The Hall–Kier alpha value is -3.12.